The van der Waals surface area contributed by atoms with Gasteiger partial charge in [0.05, 0.1) is 6.61 Å². The first kappa shape index (κ1) is 23.9. The lowest BCUT2D eigenvalue weighted by Crippen LogP contribution is -2.68. The maximum atomic E-state index is 11.6. The minimum Gasteiger partial charge on any atom is -0.479 e. The fourth-order valence-corrected chi connectivity index (χ4v) is 3.40. The number of ether oxygens (including phenoxy) is 5. The lowest BCUT2D eigenvalue weighted by Gasteiger charge is -2.47. The van der Waals surface area contributed by atoms with E-state index < -0.39 is 79.8 Å². The molecule has 2 aliphatic rings. The SMILES string of the molecule is COC1[C@H](O)C(NC(C)=O)C(OC2[C@@H](C(=O)O)O[C@H](OC)[C@H](O)[C@H]2O)O[C@@H]1CO. The number of aliphatic carboxylic acids is 1. The number of carboxylic acid groups (broad SMARTS) is 1. The number of hydrogen-bond donors (Lipinski definition) is 6. The lowest BCUT2D eigenvalue weighted by atomic mass is 9.95. The van der Waals surface area contributed by atoms with Crippen molar-refractivity contribution in [2.24, 2.45) is 0 Å². The number of rotatable bonds is 7. The quantitative estimate of drug-likeness (QED) is 0.233. The number of amides is 1. The van der Waals surface area contributed by atoms with Crippen LogP contribution in [0.15, 0.2) is 0 Å². The van der Waals surface area contributed by atoms with E-state index in [-0.39, 0.29) is 0 Å². The average molecular weight is 425 g/mol. The molecule has 0 radical (unpaired) electrons. The zero-order valence-corrected chi connectivity index (χ0v) is 16.1. The highest BCUT2D eigenvalue weighted by atomic mass is 16.7. The van der Waals surface area contributed by atoms with Crippen LogP contribution in [0, 0.1) is 0 Å². The number of carbonyl (C=O) groups is 2. The van der Waals surface area contributed by atoms with Gasteiger partial charge in [-0.1, -0.05) is 0 Å². The van der Waals surface area contributed by atoms with Crippen LogP contribution in [0.5, 0.6) is 0 Å². The van der Waals surface area contributed by atoms with Gasteiger partial charge in [-0.15, -0.1) is 0 Å². The number of aliphatic hydroxyl groups is 4. The predicted octanol–water partition coefficient (Wildman–Crippen LogP) is -3.85. The van der Waals surface area contributed by atoms with Crippen molar-refractivity contribution in [3.63, 3.8) is 0 Å². The van der Waals surface area contributed by atoms with Gasteiger partial charge in [-0.25, -0.2) is 4.79 Å². The molecule has 0 spiro atoms. The van der Waals surface area contributed by atoms with Gasteiger partial charge in [-0.3, -0.25) is 4.79 Å². The number of carboxylic acids is 1. The second kappa shape index (κ2) is 10.1. The molecule has 6 N–H and O–H groups in total. The molecule has 2 fully saturated rings. The van der Waals surface area contributed by atoms with E-state index in [9.17, 15) is 35.1 Å². The van der Waals surface area contributed by atoms with Gasteiger partial charge >= 0.3 is 5.97 Å². The molecule has 0 bridgehead atoms. The van der Waals surface area contributed by atoms with Gasteiger partial charge in [0.2, 0.25) is 5.91 Å². The molecule has 10 atom stereocenters. The van der Waals surface area contributed by atoms with Gasteiger partial charge < -0.3 is 54.5 Å². The summed E-state index contributed by atoms with van der Waals surface area (Å²) in [5, 5.41) is 52.4. The van der Waals surface area contributed by atoms with Crippen LogP contribution >= 0.6 is 0 Å². The maximum absolute atomic E-state index is 11.6. The highest BCUT2D eigenvalue weighted by Crippen LogP contribution is 2.30. The molecule has 1 amide bonds. The summed E-state index contributed by atoms with van der Waals surface area (Å²) < 4.78 is 26.2. The standard InChI is InChI=1S/C16H27NO12/c1-5(19)17-7-8(20)11(25-2)6(4-18)27-15(7)28-12-9(21)10(22)16(26-3)29-13(12)14(23)24/h6-13,15-16,18,20-22H,4H2,1-3H3,(H,17,19)(H,23,24)/t6-,7?,8-,9-,10-,11?,12?,13+,15?,16+/m1/s1. The first-order valence-corrected chi connectivity index (χ1v) is 8.83. The third-order valence-corrected chi connectivity index (χ3v) is 4.81. The summed E-state index contributed by atoms with van der Waals surface area (Å²) in [5.74, 6) is -2.07. The molecule has 0 aromatic heterocycles. The van der Waals surface area contributed by atoms with Crippen molar-refractivity contribution in [1.29, 1.82) is 0 Å². The van der Waals surface area contributed by atoms with Gasteiger partial charge in [0.25, 0.3) is 0 Å². The van der Waals surface area contributed by atoms with Crippen LogP contribution in [-0.4, -0.2) is 120 Å². The Morgan fingerprint density at radius 2 is 1.62 bits per heavy atom. The Morgan fingerprint density at radius 3 is 2.10 bits per heavy atom. The van der Waals surface area contributed by atoms with Crippen molar-refractivity contribution in [2.75, 3.05) is 20.8 Å². The molecule has 2 aliphatic heterocycles. The zero-order chi connectivity index (χ0) is 21.9. The van der Waals surface area contributed by atoms with Crippen LogP contribution in [-0.2, 0) is 33.3 Å². The number of methoxy groups -OCH3 is 2. The Labute approximate surface area is 166 Å². The van der Waals surface area contributed by atoms with E-state index in [1.165, 1.54) is 14.0 Å². The second-order valence-corrected chi connectivity index (χ2v) is 6.72. The summed E-state index contributed by atoms with van der Waals surface area (Å²) in [6.45, 7) is 0.595. The average Bonchev–Trinajstić information content (AvgIpc) is 2.67. The van der Waals surface area contributed by atoms with Gasteiger partial charge in [-0.2, -0.15) is 0 Å². The summed E-state index contributed by atoms with van der Waals surface area (Å²) in [6.07, 6.45) is -13.2. The fraction of sp³-hybridized carbons (Fsp3) is 0.875. The van der Waals surface area contributed by atoms with Crippen molar-refractivity contribution in [2.45, 2.75) is 68.3 Å². The summed E-state index contributed by atoms with van der Waals surface area (Å²) in [7, 11) is 2.43. The van der Waals surface area contributed by atoms with E-state index >= 15 is 0 Å². The largest absolute Gasteiger partial charge is 0.479 e. The third kappa shape index (κ3) is 5.02. The van der Waals surface area contributed by atoms with Gasteiger partial charge in [0, 0.05) is 21.1 Å². The Balaban J connectivity index is 2.30. The van der Waals surface area contributed by atoms with E-state index in [1.54, 1.807) is 0 Å². The summed E-state index contributed by atoms with van der Waals surface area (Å²) >= 11 is 0. The van der Waals surface area contributed by atoms with Gasteiger partial charge in [0.1, 0.15) is 42.7 Å². The molecule has 0 aromatic rings. The van der Waals surface area contributed by atoms with Crippen LogP contribution in [0.4, 0.5) is 0 Å². The van der Waals surface area contributed by atoms with E-state index in [4.69, 9.17) is 23.7 Å². The fourth-order valence-electron chi connectivity index (χ4n) is 3.40. The van der Waals surface area contributed by atoms with Crippen molar-refractivity contribution in [3.8, 4) is 0 Å². The Bertz CT molecular complexity index is 576. The minimum absolute atomic E-state index is 0.557. The van der Waals surface area contributed by atoms with Crippen molar-refractivity contribution >= 4 is 11.9 Å². The molecule has 29 heavy (non-hydrogen) atoms. The Kier molecular flexibility index (Phi) is 8.28. The third-order valence-electron chi connectivity index (χ3n) is 4.81. The molecule has 2 saturated heterocycles. The van der Waals surface area contributed by atoms with Crippen LogP contribution in [0.1, 0.15) is 6.92 Å². The molecular formula is C16H27NO12. The van der Waals surface area contributed by atoms with Crippen LogP contribution < -0.4 is 5.32 Å². The van der Waals surface area contributed by atoms with E-state index in [0.29, 0.717) is 0 Å². The number of carbonyl (C=O) groups excluding carboxylic acids is 1. The van der Waals surface area contributed by atoms with Crippen LogP contribution in [0.3, 0.4) is 0 Å². The molecule has 2 rings (SSSR count). The Hall–Kier alpha value is -1.42. The summed E-state index contributed by atoms with van der Waals surface area (Å²) in [4.78, 5) is 23.2. The maximum Gasteiger partial charge on any atom is 0.335 e. The van der Waals surface area contributed by atoms with Gasteiger partial charge in [0.15, 0.2) is 18.7 Å². The molecule has 0 saturated carbocycles. The smallest absolute Gasteiger partial charge is 0.335 e. The molecule has 0 aliphatic carbocycles. The van der Waals surface area contributed by atoms with Crippen molar-refractivity contribution in [3.05, 3.63) is 0 Å². The van der Waals surface area contributed by atoms with Crippen LogP contribution in [0.25, 0.3) is 0 Å². The van der Waals surface area contributed by atoms with E-state index in [2.05, 4.69) is 5.32 Å². The molecule has 13 heteroatoms. The van der Waals surface area contributed by atoms with Crippen molar-refractivity contribution < 1.29 is 58.8 Å². The molecule has 4 unspecified atom stereocenters. The summed E-state index contributed by atoms with van der Waals surface area (Å²) in [6, 6.07) is -1.24. The normalized spacial score (nSPS) is 43.0. The predicted molar refractivity (Wildman–Crippen MR) is 90.3 cm³/mol. The van der Waals surface area contributed by atoms with E-state index in [0.717, 1.165) is 7.11 Å². The summed E-state index contributed by atoms with van der Waals surface area (Å²) in [5.41, 5.74) is 0. The Morgan fingerprint density at radius 1 is 0.966 bits per heavy atom. The highest BCUT2D eigenvalue weighted by molar-refractivity contribution is 5.74. The molecule has 0 aromatic carbocycles. The van der Waals surface area contributed by atoms with Crippen molar-refractivity contribution in [1.82, 2.24) is 5.32 Å². The topological polar surface area (TPSA) is 193 Å². The first-order valence-electron chi connectivity index (χ1n) is 8.83. The highest BCUT2D eigenvalue weighted by Gasteiger charge is 2.53. The number of hydrogen-bond acceptors (Lipinski definition) is 11. The molecule has 2 heterocycles. The van der Waals surface area contributed by atoms with E-state index in [1.807, 2.05) is 0 Å². The zero-order valence-electron chi connectivity index (χ0n) is 16.1. The molecule has 13 nitrogen and oxygen atoms in total. The molecular weight excluding hydrogens is 398 g/mol. The number of aliphatic hydroxyl groups excluding tert-OH is 4. The van der Waals surface area contributed by atoms with Gasteiger partial charge in [-0.05, 0) is 0 Å². The molecule has 168 valence electrons. The van der Waals surface area contributed by atoms with Crippen LogP contribution in [0.2, 0.25) is 0 Å². The first-order chi connectivity index (χ1) is 13.7. The number of nitrogens with one attached hydrogen (secondary N) is 1. The monoisotopic (exact) mass is 425 g/mol. The minimum atomic E-state index is -1.76. The lowest BCUT2D eigenvalue weighted by molar-refractivity contribution is -0.339. The second-order valence-electron chi connectivity index (χ2n) is 6.72.